The summed E-state index contributed by atoms with van der Waals surface area (Å²) in [5.41, 5.74) is 0.621. The number of nitrogens with zero attached hydrogens (tertiary/aromatic N) is 2. The number of para-hydroxylation sites is 2. The Kier molecular flexibility index (Phi) is 8.25. The predicted molar refractivity (Wildman–Crippen MR) is 135 cm³/mol. The molecule has 0 aliphatic carbocycles. The van der Waals surface area contributed by atoms with Crippen LogP contribution in [0, 0.1) is 6.92 Å². The van der Waals surface area contributed by atoms with Crippen molar-refractivity contribution in [1.29, 1.82) is 0 Å². The number of anilines is 1. The number of piperazine rings is 1. The van der Waals surface area contributed by atoms with Crippen LogP contribution >= 0.6 is 0 Å². The lowest BCUT2D eigenvalue weighted by molar-refractivity contribution is -0.143. The molecule has 1 aliphatic rings. The molecule has 9 heteroatoms. The van der Waals surface area contributed by atoms with Crippen molar-refractivity contribution in [2.75, 3.05) is 38.2 Å². The molecule has 3 aromatic carbocycles. The molecular formula is C29H30F6N2O. The van der Waals surface area contributed by atoms with Crippen molar-refractivity contribution in [2.24, 2.45) is 0 Å². The molecule has 0 aromatic heterocycles. The number of aryl methyl sites for hydroxylation is 2. The highest BCUT2D eigenvalue weighted by atomic mass is 19.4. The topological polar surface area (TPSA) is 15.7 Å². The van der Waals surface area contributed by atoms with Crippen LogP contribution in [0.15, 0.2) is 66.7 Å². The van der Waals surface area contributed by atoms with Gasteiger partial charge in [-0.15, -0.1) is 0 Å². The fraction of sp³-hybridized carbons (Fsp3) is 0.379. The van der Waals surface area contributed by atoms with Gasteiger partial charge in [-0.25, -0.2) is 0 Å². The summed E-state index contributed by atoms with van der Waals surface area (Å²) in [6, 6.07) is 17.1. The predicted octanol–water partition coefficient (Wildman–Crippen LogP) is 7.54. The first-order chi connectivity index (χ1) is 18.0. The summed E-state index contributed by atoms with van der Waals surface area (Å²) in [6.07, 6.45) is -9.36. The number of rotatable bonds is 7. The monoisotopic (exact) mass is 536 g/mol. The van der Waals surface area contributed by atoms with E-state index in [1.54, 1.807) is 7.11 Å². The summed E-state index contributed by atoms with van der Waals surface area (Å²) in [5, 5.41) is 0. The van der Waals surface area contributed by atoms with Gasteiger partial charge in [0, 0.05) is 43.5 Å². The highest BCUT2D eigenvalue weighted by molar-refractivity contribution is 5.53. The van der Waals surface area contributed by atoms with Crippen LogP contribution in [0.2, 0.25) is 0 Å². The molecule has 1 aliphatic heterocycles. The molecule has 3 aromatic rings. The minimum atomic E-state index is -4.87. The molecule has 0 saturated carbocycles. The van der Waals surface area contributed by atoms with E-state index in [1.165, 1.54) is 5.56 Å². The van der Waals surface area contributed by atoms with E-state index in [4.69, 9.17) is 4.74 Å². The van der Waals surface area contributed by atoms with E-state index in [9.17, 15) is 26.3 Å². The van der Waals surface area contributed by atoms with E-state index < -0.39 is 23.5 Å². The Hall–Kier alpha value is -3.20. The maximum absolute atomic E-state index is 13.4. The minimum absolute atomic E-state index is 0.00518. The summed E-state index contributed by atoms with van der Waals surface area (Å²) in [4.78, 5) is 4.54. The fourth-order valence-electron chi connectivity index (χ4n) is 5.14. The highest BCUT2D eigenvalue weighted by Gasteiger charge is 2.37. The second-order valence-corrected chi connectivity index (χ2v) is 9.52. The molecule has 38 heavy (non-hydrogen) atoms. The van der Waals surface area contributed by atoms with Crippen LogP contribution < -0.4 is 9.64 Å². The number of halogens is 6. The van der Waals surface area contributed by atoms with Gasteiger partial charge in [-0.05, 0) is 61.2 Å². The van der Waals surface area contributed by atoms with E-state index in [1.807, 2.05) is 36.4 Å². The Bertz CT molecular complexity index is 1200. The SMILES string of the molecule is COc1ccccc1C(CCc1cc(C(F)(F)F)cc(C(F)(F)F)c1)N1CCN(c2ccccc2C)CC1. The number of alkyl halides is 6. The Morgan fingerprint density at radius 3 is 1.95 bits per heavy atom. The molecule has 1 fully saturated rings. The van der Waals surface area contributed by atoms with Gasteiger partial charge in [0.15, 0.2) is 0 Å². The number of ether oxygens (including phenoxy) is 1. The average molecular weight is 537 g/mol. The highest BCUT2D eigenvalue weighted by Crippen LogP contribution is 2.38. The molecule has 3 nitrogen and oxygen atoms in total. The molecule has 0 bridgehead atoms. The molecule has 4 rings (SSSR count). The van der Waals surface area contributed by atoms with Crippen LogP contribution in [0.1, 0.15) is 40.3 Å². The van der Waals surface area contributed by atoms with Crippen molar-refractivity contribution in [3.8, 4) is 5.75 Å². The lowest BCUT2D eigenvalue weighted by Crippen LogP contribution is -2.48. The fourth-order valence-corrected chi connectivity index (χ4v) is 5.14. The van der Waals surface area contributed by atoms with Crippen LogP contribution in [0.4, 0.5) is 32.0 Å². The molecular weight excluding hydrogens is 506 g/mol. The van der Waals surface area contributed by atoms with Crippen LogP contribution in [0.3, 0.4) is 0 Å². The van der Waals surface area contributed by atoms with E-state index in [-0.39, 0.29) is 24.1 Å². The maximum atomic E-state index is 13.4. The van der Waals surface area contributed by atoms with Crippen molar-refractivity contribution in [3.63, 3.8) is 0 Å². The average Bonchev–Trinajstić information content (AvgIpc) is 2.88. The zero-order valence-electron chi connectivity index (χ0n) is 21.2. The summed E-state index contributed by atoms with van der Waals surface area (Å²) in [7, 11) is 1.55. The normalized spacial score (nSPS) is 15.9. The molecule has 0 amide bonds. The molecule has 1 atom stereocenters. The first-order valence-electron chi connectivity index (χ1n) is 12.4. The third kappa shape index (κ3) is 6.43. The van der Waals surface area contributed by atoms with E-state index >= 15 is 0 Å². The second kappa shape index (κ2) is 11.3. The molecule has 1 heterocycles. The quantitative estimate of drug-likeness (QED) is 0.290. The third-order valence-electron chi connectivity index (χ3n) is 7.06. The van der Waals surface area contributed by atoms with Crippen molar-refractivity contribution in [2.45, 2.75) is 38.2 Å². The van der Waals surface area contributed by atoms with Gasteiger partial charge < -0.3 is 9.64 Å². The first kappa shape index (κ1) is 27.8. The van der Waals surface area contributed by atoms with E-state index in [0.29, 0.717) is 25.3 Å². The molecule has 1 unspecified atom stereocenters. The Morgan fingerprint density at radius 2 is 1.37 bits per heavy atom. The molecule has 0 spiro atoms. The maximum Gasteiger partial charge on any atom is 0.416 e. The summed E-state index contributed by atoms with van der Waals surface area (Å²) in [5.74, 6) is 0.638. The van der Waals surface area contributed by atoms with E-state index in [2.05, 4.69) is 28.9 Å². The number of hydrogen-bond donors (Lipinski definition) is 0. The molecule has 0 N–H and O–H groups in total. The first-order valence-corrected chi connectivity index (χ1v) is 12.4. The van der Waals surface area contributed by atoms with Crippen molar-refractivity contribution >= 4 is 5.69 Å². The Morgan fingerprint density at radius 1 is 0.789 bits per heavy atom. The third-order valence-corrected chi connectivity index (χ3v) is 7.06. The smallest absolute Gasteiger partial charge is 0.416 e. The Labute approximate surface area is 218 Å². The van der Waals surface area contributed by atoms with Gasteiger partial charge in [-0.3, -0.25) is 4.90 Å². The minimum Gasteiger partial charge on any atom is -0.496 e. The van der Waals surface area contributed by atoms with Crippen molar-refractivity contribution in [1.82, 2.24) is 4.90 Å². The zero-order chi connectivity index (χ0) is 27.5. The molecule has 1 saturated heterocycles. The van der Waals surface area contributed by atoms with Gasteiger partial charge in [-0.2, -0.15) is 26.3 Å². The van der Waals surface area contributed by atoms with Crippen LogP contribution in [-0.2, 0) is 18.8 Å². The van der Waals surface area contributed by atoms with Crippen LogP contribution in [-0.4, -0.2) is 38.2 Å². The largest absolute Gasteiger partial charge is 0.496 e. The van der Waals surface area contributed by atoms with Gasteiger partial charge in [0.1, 0.15) is 5.75 Å². The summed E-state index contributed by atoms with van der Waals surface area (Å²) >= 11 is 0. The van der Waals surface area contributed by atoms with Crippen LogP contribution in [0.25, 0.3) is 0 Å². The summed E-state index contributed by atoms with van der Waals surface area (Å²) in [6.45, 7) is 4.93. The van der Waals surface area contributed by atoms with Gasteiger partial charge >= 0.3 is 12.4 Å². The lowest BCUT2D eigenvalue weighted by Gasteiger charge is -2.41. The zero-order valence-corrected chi connectivity index (χ0v) is 21.2. The van der Waals surface area contributed by atoms with E-state index in [0.717, 1.165) is 36.5 Å². The van der Waals surface area contributed by atoms with Gasteiger partial charge in [0.05, 0.1) is 18.2 Å². The lowest BCUT2D eigenvalue weighted by atomic mass is 9.94. The standard InChI is InChI=1S/C29H30F6N2O/c1-20-7-3-5-9-25(20)36-13-15-37(16-14-36)26(24-8-4-6-10-27(24)38-2)12-11-21-17-22(28(30,31)32)19-23(18-21)29(33,34)35/h3-10,17-19,26H,11-16H2,1-2H3. The van der Waals surface area contributed by atoms with Gasteiger partial charge in [0.2, 0.25) is 0 Å². The number of hydrogen-bond acceptors (Lipinski definition) is 3. The second-order valence-electron chi connectivity index (χ2n) is 9.52. The number of methoxy groups -OCH3 is 1. The van der Waals surface area contributed by atoms with Crippen molar-refractivity contribution < 1.29 is 31.1 Å². The van der Waals surface area contributed by atoms with Crippen LogP contribution in [0.5, 0.6) is 5.75 Å². The van der Waals surface area contributed by atoms with Gasteiger partial charge in [0.25, 0.3) is 0 Å². The Balaban J connectivity index is 1.60. The van der Waals surface area contributed by atoms with Gasteiger partial charge in [-0.1, -0.05) is 36.4 Å². The summed E-state index contributed by atoms with van der Waals surface area (Å²) < 4.78 is 86.0. The number of benzene rings is 3. The molecule has 204 valence electrons. The molecule has 0 radical (unpaired) electrons. The van der Waals surface area contributed by atoms with Crippen molar-refractivity contribution in [3.05, 3.63) is 94.5 Å².